The fraction of sp³-hybridized carbons (Fsp3) is 0.692. The lowest BCUT2D eigenvalue weighted by atomic mass is 9.97. The smallest absolute Gasteiger partial charge is 0.240 e. The third-order valence-electron chi connectivity index (χ3n) is 3.70. The molecule has 1 fully saturated rings. The van der Waals surface area contributed by atoms with Gasteiger partial charge in [0, 0.05) is 5.54 Å². The Balaban J connectivity index is 2.22. The minimum Gasteiger partial charge on any atom is -0.447 e. The molecule has 100 valence electrons. The molecule has 1 saturated heterocycles. The van der Waals surface area contributed by atoms with Crippen LogP contribution in [0.4, 0.5) is 0 Å². The maximum absolute atomic E-state index is 12.5. The van der Waals surface area contributed by atoms with E-state index in [0.29, 0.717) is 12.4 Å². The molecule has 1 aromatic heterocycles. The van der Waals surface area contributed by atoms with E-state index >= 15 is 0 Å². The molecule has 0 radical (unpaired) electrons. The summed E-state index contributed by atoms with van der Waals surface area (Å²) >= 11 is 0. The number of hydrogen-bond acceptors (Lipinski definition) is 4. The largest absolute Gasteiger partial charge is 0.447 e. The molecule has 1 aliphatic heterocycles. The summed E-state index contributed by atoms with van der Waals surface area (Å²) < 4.78 is 5.26. The first kappa shape index (κ1) is 13.1. The molecule has 1 atom stereocenters. The number of rotatable bonds is 3. The Morgan fingerprint density at radius 2 is 2.39 bits per heavy atom. The molecule has 1 aliphatic rings. The fourth-order valence-electron chi connectivity index (χ4n) is 2.51. The van der Waals surface area contributed by atoms with E-state index in [1.165, 1.54) is 0 Å². The van der Waals surface area contributed by atoms with Crippen LogP contribution in [-0.4, -0.2) is 34.4 Å². The number of nitrogens with zero attached hydrogens (tertiary/aromatic N) is 2. The molecule has 0 aromatic carbocycles. The Hall–Kier alpha value is -1.36. The lowest BCUT2D eigenvalue weighted by Gasteiger charge is -2.37. The van der Waals surface area contributed by atoms with Gasteiger partial charge in [0.2, 0.25) is 11.8 Å². The molecule has 5 nitrogen and oxygen atoms in total. The van der Waals surface area contributed by atoms with E-state index in [4.69, 9.17) is 4.42 Å². The van der Waals surface area contributed by atoms with E-state index in [0.717, 1.165) is 19.3 Å². The quantitative estimate of drug-likeness (QED) is 0.885. The normalized spacial score (nSPS) is 24.1. The summed E-state index contributed by atoms with van der Waals surface area (Å²) in [5, 5.41) is 3.10. The van der Waals surface area contributed by atoms with Crippen molar-refractivity contribution in [2.24, 2.45) is 0 Å². The summed E-state index contributed by atoms with van der Waals surface area (Å²) in [5.41, 5.74) is -0.156. The highest BCUT2D eigenvalue weighted by Crippen LogP contribution is 2.28. The number of amides is 1. The maximum atomic E-state index is 12.5. The molecule has 0 aliphatic carbocycles. The van der Waals surface area contributed by atoms with Gasteiger partial charge < -0.3 is 14.6 Å². The van der Waals surface area contributed by atoms with Crippen LogP contribution in [0.25, 0.3) is 0 Å². The highest BCUT2D eigenvalue weighted by atomic mass is 16.3. The zero-order valence-electron chi connectivity index (χ0n) is 11.3. The number of nitrogens with one attached hydrogen (secondary N) is 1. The number of oxazole rings is 1. The van der Waals surface area contributed by atoms with Crippen molar-refractivity contribution in [2.45, 2.75) is 51.2 Å². The number of likely N-dealkylation sites (N-methyl/N-ethyl adjacent to an activating group) is 1. The van der Waals surface area contributed by atoms with E-state index in [1.54, 1.807) is 12.5 Å². The number of carbonyl (C=O) groups excluding carboxylic acids is 1. The molecule has 18 heavy (non-hydrogen) atoms. The van der Waals surface area contributed by atoms with Gasteiger partial charge in [-0.2, -0.15) is 0 Å². The van der Waals surface area contributed by atoms with E-state index < -0.39 is 0 Å². The van der Waals surface area contributed by atoms with Gasteiger partial charge in [0.15, 0.2) is 0 Å². The molecule has 1 aromatic rings. The van der Waals surface area contributed by atoms with Gasteiger partial charge in [-0.05, 0) is 40.2 Å². The van der Waals surface area contributed by atoms with Gasteiger partial charge in [0.25, 0.3) is 0 Å². The van der Waals surface area contributed by atoms with Gasteiger partial charge in [0.05, 0.1) is 18.8 Å². The van der Waals surface area contributed by atoms with Gasteiger partial charge in [0.1, 0.15) is 6.26 Å². The number of carbonyl (C=O) groups is 1. The van der Waals surface area contributed by atoms with Gasteiger partial charge in [-0.1, -0.05) is 0 Å². The molecule has 0 saturated carbocycles. The van der Waals surface area contributed by atoms with Crippen LogP contribution in [0.15, 0.2) is 16.9 Å². The van der Waals surface area contributed by atoms with E-state index in [1.807, 2.05) is 11.9 Å². The predicted octanol–water partition coefficient (Wildman–Crippen LogP) is 1.55. The number of hydrogen-bond donors (Lipinski definition) is 1. The van der Waals surface area contributed by atoms with Crippen LogP contribution < -0.4 is 5.32 Å². The first-order valence-corrected chi connectivity index (χ1v) is 6.42. The number of likely N-dealkylation sites (tertiary alicyclic amines) is 1. The average Bonchev–Trinajstić information content (AvgIpc) is 2.80. The number of aromatic nitrogens is 1. The van der Waals surface area contributed by atoms with Crippen molar-refractivity contribution < 1.29 is 9.21 Å². The van der Waals surface area contributed by atoms with Crippen molar-refractivity contribution in [3.05, 3.63) is 18.4 Å². The van der Waals surface area contributed by atoms with Crippen molar-refractivity contribution in [1.29, 1.82) is 0 Å². The van der Waals surface area contributed by atoms with Gasteiger partial charge >= 0.3 is 0 Å². The molecule has 0 bridgehead atoms. The topological polar surface area (TPSA) is 58.4 Å². The SMILES string of the molecule is CNC1CCCC(C)(C)N(Cc2ncco2)C1=O. The first-order valence-electron chi connectivity index (χ1n) is 6.42. The second-order valence-corrected chi connectivity index (χ2v) is 5.40. The second-order valence-electron chi connectivity index (χ2n) is 5.40. The molecule has 1 unspecified atom stereocenters. The minimum absolute atomic E-state index is 0.0956. The lowest BCUT2D eigenvalue weighted by molar-refractivity contribution is -0.139. The second kappa shape index (κ2) is 5.10. The lowest BCUT2D eigenvalue weighted by Crippen LogP contribution is -2.51. The third-order valence-corrected chi connectivity index (χ3v) is 3.70. The maximum Gasteiger partial charge on any atom is 0.240 e. The Morgan fingerprint density at radius 1 is 1.61 bits per heavy atom. The molecule has 5 heteroatoms. The summed E-state index contributed by atoms with van der Waals surface area (Å²) in [6.45, 7) is 4.65. The van der Waals surface area contributed by atoms with Crippen LogP contribution in [-0.2, 0) is 11.3 Å². The van der Waals surface area contributed by atoms with Crippen molar-refractivity contribution >= 4 is 5.91 Å². The van der Waals surface area contributed by atoms with Crippen LogP contribution in [0.5, 0.6) is 0 Å². The van der Waals surface area contributed by atoms with Crippen molar-refractivity contribution in [1.82, 2.24) is 15.2 Å². The highest BCUT2D eigenvalue weighted by molar-refractivity contribution is 5.82. The van der Waals surface area contributed by atoms with Crippen molar-refractivity contribution in [3.63, 3.8) is 0 Å². The predicted molar refractivity (Wildman–Crippen MR) is 67.8 cm³/mol. The molecule has 2 heterocycles. The molecule has 1 amide bonds. The van der Waals surface area contributed by atoms with E-state index in [2.05, 4.69) is 24.1 Å². The summed E-state index contributed by atoms with van der Waals surface area (Å²) in [6.07, 6.45) is 6.09. The van der Waals surface area contributed by atoms with Crippen LogP contribution in [0.3, 0.4) is 0 Å². The third kappa shape index (κ3) is 2.56. The van der Waals surface area contributed by atoms with Crippen LogP contribution in [0.1, 0.15) is 39.0 Å². The van der Waals surface area contributed by atoms with Crippen LogP contribution in [0, 0.1) is 0 Å². The first-order chi connectivity index (χ1) is 8.54. The zero-order valence-corrected chi connectivity index (χ0v) is 11.3. The molecule has 1 N–H and O–H groups in total. The fourth-order valence-corrected chi connectivity index (χ4v) is 2.51. The van der Waals surface area contributed by atoms with E-state index in [9.17, 15) is 4.79 Å². The Kier molecular flexibility index (Phi) is 3.71. The summed E-state index contributed by atoms with van der Waals surface area (Å²) in [5.74, 6) is 0.728. The molecule has 2 rings (SSSR count). The highest BCUT2D eigenvalue weighted by Gasteiger charge is 2.37. The van der Waals surface area contributed by atoms with Crippen LogP contribution >= 0.6 is 0 Å². The summed E-state index contributed by atoms with van der Waals surface area (Å²) in [6, 6.07) is -0.0956. The van der Waals surface area contributed by atoms with Crippen molar-refractivity contribution in [3.8, 4) is 0 Å². The molecule has 0 spiro atoms. The van der Waals surface area contributed by atoms with Crippen molar-refractivity contribution in [2.75, 3.05) is 7.05 Å². The summed E-state index contributed by atoms with van der Waals surface area (Å²) in [4.78, 5) is 18.5. The van der Waals surface area contributed by atoms with Gasteiger partial charge in [-0.15, -0.1) is 0 Å². The van der Waals surface area contributed by atoms with Crippen LogP contribution in [0.2, 0.25) is 0 Å². The average molecular weight is 251 g/mol. The Labute approximate surface area is 108 Å². The van der Waals surface area contributed by atoms with Gasteiger partial charge in [-0.3, -0.25) is 4.79 Å². The standard InChI is InChI=1S/C13H21N3O2/c1-13(2)6-4-5-10(14-3)12(17)16(13)9-11-15-7-8-18-11/h7-8,10,14H,4-6,9H2,1-3H3. The Bertz CT molecular complexity index is 400. The summed E-state index contributed by atoms with van der Waals surface area (Å²) in [7, 11) is 1.84. The minimum atomic E-state index is -0.156. The Morgan fingerprint density at radius 3 is 3.00 bits per heavy atom. The molecular formula is C13H21N3O2. The monoisotopic (exact) mass is 251 g/mol. The molecular weight excluding hydrogens is 230 g/mol. The van der Waals surface area contributed by atoms with Gasteiger partial charge in [-0.25, -0.2) is 4.98 Å². The van der Waals surface area contributed by atoms with E-state index in [-0.39, 0.29) is 17.5 Å². The zero-order chi connectivity index (χ0) is 13.2.